The molecule has 5 nitrogen and oxygen atoms in total. The minimum absolute atomic E-state index is 0.0464. The molecule has 0 radical (unpaired) electrons. The molecule has 0 saturated heterocycles. The lowest BCUT2D eigenvalue weighted by Gasteiger charge is -2.27. The Balaban J connectivity index is 4.71. The molecule has 1 atom stereocenters. The number of alkyl carbamates (subject to hydrolysis) is 1. The van der Waals surface area contributed by atoms with Gasteiger partial charge in [0, 0.05) is 13.1 Å². The summed E-state index contributed by atoms with van der Waals surface area (Å²) < 4.78 is 5.22. The van der Waals surface area contributed by atoms with Crippen molar-refractivity contribution in [3.05, 3.63) is 0 Å². The van der Waals surface area contributed by atoms with E-state index in [1.807, 2.05) is 20.1 Å². The molecule has 0 unspecified atom stereocenters. The summed E-state index contributed by atoms with van der Waals surface area (Å²) in [6.45, 7) is 10.5. The van der Waals surface area contributed by atoms with Crippen LogP contribution in [-0.2, 0) is 9.53 Å². The first kappa shape index (κ1) is 19.1. The molecule has 118 valence electrons. The van der Waals surface area contributed by atoms with Crippen molar-refractivity contribution in [3.8, 4) is 0 Å². The van der Waals surface area contributed by atoms with Crippen LogP contribution in [0.15, 0.2) is 0 Å². The fourth-order valence-corrected chi connectivity index (χ4v) is 2.17. The smallest absolute Gasteiger partial charge is 0.408 e. The van der Waals surface area contributed by atoms with Gasteiger partial charge in [0.15, 0.2) is 0 Å². The minimum Gasteiger partial charge on any atom is -0.444 e. The first-order valence-corrected chi connectivity index (χ1v) is 8.41. The Hall–Kier alpha value is -0.910. The van der Waals surface area contributed by atoms with Gasteiger partial charge in [0.25, 0.3) is 0 Å². The number of hydrogen-bond acceptors (Lipinski definition) is 4. The molecule has 0 aliphatic carbocycles. The van der Waals surface area contributed by atoms with Crippen molar-refractivity contribution in [2.24, 2.45) is 0 Å². The predicted molar refractivity (Wildman–Crippen MR) is 84.1 cm³/mol. The van der Waals surface area contributed by atoms with Crippen LogP contribution in [0.4, 0.5) is 4.79 Å². The third-order valence-electron chi connectivity index (χ3n) is 2.67. The normalized spacial score (nSPS) is 12.7. The molecule has 0 aliphatic rings. The van der Waals surface area contributed by atoms with Crippen molar-refractivity contribution in [2.75, 3.05) is 25.1 Å². The molecule has 0 spiro atoms. The summed E-state index contributed by atoms with van der Waals surface area (Å²) in [5.74, 6) is 0.767. The van der Waals surface area contributed by atoms with E-state index >= 15 is 0 Å². The molecular formula is C14H28N2O3S. The lowest BCUT2D eigenvalue weighted by atomic mass is 10.2. The van der Waals surface area contributed by atoms with Crippen LogP contribution in [0.5, 0.6) is 0 Å². The van der Waals surface area contributed by atoms with Gasteiger partial charge in [-0.15, -0.1) is 0 Å². The zero-order chi connectivity index (χ0) is 15.8. The van der Waals surface area contributed by atoms with Crippen molar-refractivity contribution in [3.63, 3.8) is 0 Å². The van der Waals surface area contributed by atoms with E-state index in [2.05, 4.69) is 5.32 Å². The molecule has 0 saturated carbocycles. The molecule has 0 aromatic heterocycles. The fourth-order valence-electron chi connectivity index (χ4n) is 1.70. The third-order valence-corrected chi connectivity index (χ3v) is 3.32. The Morgan fingerprint density at radius 1 is 1.25 bits per heavy atom. The lowest BCUT2D eigenvalue weighted by Crippen LogP contribution is -2.49. The van der Waals surface area contributed by atoms with Gasteiger partial charge in [-0.05, 0) is 53.0 Å². The fraction of sp³-hybridized carbons (Fsp3) is 0.857. The summed E-state index contributed by atoms with van der Waals surface area (Å²) in [5.41, 5.74) is -0.563. The Labute approximate surface area is 126 Å². The van der Waals surface area contributed by atoms with Crippen LogP contribution in [0.25, 0.3) is 0 Å². The van der Waals surface area contributed by atoms with Gasteiger partial charge in [0.05, 0.1) is 0 Å². The number of carbonyl (C=O) groups excluding carboxylic acids is 2. The van der Waals surface area contributed by atoms with E-state index in [0.717, 1.165) is 5.75 Å². The first-order chi connectivity index (χ1) is 9.25. The quantitative estimate of drug-likeness (QED) is 0.785. The maximum atomic E-state index is 12.4. The summed E-state index contributed by atoms with van der Waals surface area (Å²) in [5, 5.41) is 2.69. The van der Waals surface area contributed by atoms with E-state index in [1.165, 1.54) is 0 Å². The Morgan fingerprint density at radius 3 is 2.20 bits per heavy atom. The Kier molecular flexibility index (Phi) is 8.69. The highest BCUT2D eigenvalue weighted by atomic mass is 32.2. The number of likely N-dealkylation sites (N-methyl/N-ethyl adjacent to an activating group) is 1. The van der Waals surface area contributed by atoms with E-state index < -0.39 is 17.7 Å². The van der Waals surface area contributed by atoms with Crippen LogP contribution < -0.4 is 5.32 Å². The number of nitrogens with zero attached hydrogens (tertiary/aromatic N) is 1. The van der Waals surface area contributed by atoms with E-state index in [0.29, 0.717) is 19.5 Å². The maximum Gasteiger partial charge on any atom is 0.408 e. The molecular weight excluding hydrogens is 276 g/mol. The molecule has 0 aliphatic heterocycles. The molecule has 0 aromatic carbocycles. The highest BCUT2D eigenvalue weighted by Crippen LogP contribution is 2.09. The highest BCUT2D eigenvalue weighted by molar-refractivity contribution is 7.98. The number of nitrogens with one attached hydrogen (secondary N) is 1. The topological polar surface area (TPSA) is 58.6 Å². The van der Waals surface area contributed by atoms with Crippen LogP contribution in [0.3, 0.4) is 0 Å². The van der Waals surface area contributed by atoms with Gasteiger partial charge in [0.2, 0.25) is 5.91 Å². The first-order valence-electron chi connectivity index (χ1n) is 7.02. The molecule has 0 heterocycles. The average molecular weight is 304 g/mol. The second-order valence-electron chi connectivity index (χ2n) is 5.49. The van der Waals surface area contributed by atoms with Crippen LogP contribution in [0.2, 0.25) is 0 Å². The summed E-state index contributed by atoms with van der Waals surface area (Å²) >= 11 is 1.65. The number of carbonyl (C=O) groups is 2. The zero-order valence-corrected chi connectivity index (χ0v) is 14.3. The molecule has 0 rings (SSSR count). The van der Waals surface area contributed by atoms with Gasteiger partial charge in [-0.3, -0.25) is 4.79 Å². The largest absolute Gasteiger partial charge is 0.444 e. The van der Waals surface area contributed by atoms with Gasteiger partial charge in [0.1, 0.15) is 11.6 Å². The summed E-state index contributed by atoms with van der Waals surface area (Å²) in [4.78, 5) is 25.9. The van der Waals surface area contributed by atoms with Crippen molar-refractivity contribution >= 4 is 23.8 Å². The molecule has 0 fully saturated rings. The SMILES string of the molecule is CCN(CC)C(=O)[C@H](CCSC)NC(=O)OC(C)(C)C. The molecule has 6 heteroatoms. The van der Waals surface area contributed by atoms with Crippen LogP contribution in [-0.4, -0.2) is 53.6 Å². The zero-order valence-electron chi connectivity index (χ0n) is 13.5. The molecule has 0 aromatic rings. The second-order valence-corrected chi connectivity index (χ2v) is 6.48. The molecule has 1 N–H and O–H groups in total. The van der Waals surface area contributed by atoms with Crippen molar-refractivity contribution < 1.29 is 14.3 Å². The van der Waals surface area contributed by atoms with Gasteiger partial charge in [-0.2, -0.15) is 11.8 Å². The van der Waals surface area contributed by atoms with Crippen LogP contribution in [0.1, 0.15) is 41.0 Å². The molecule has 20 heavy (non-hydrogen) atoms. The van der Waals surface area contributed by atoms with Gasteiger partial charge in [-0.25, -0.2) is 4.79 Å². The Morgan fingerprint density at radius 2 is 1.80 bits per heavy atom. The maximum absolute atomic E-state index is 12.4. The monoisotopic (exact) mass is 304 g/mol. The third kappa shape index (κ3) is 7.62. The number of thioether (sulfide) groups is 1. The van der Waals surface area contributed by atoms with Crippen molar-refractivity contribution in [2.45, 2.75) is 52.7 Å². The van der Waals surface area contributed by atoms with E-state index in [1.54, 1.807) is 37.4 Å². The number of amides is 2. The van der Waals surface area contributed by atoms with E-state index in [9.17, 15) is 9.59 Å². The second kappa shape index (κ2) is 9.10. The van der Waals surface area contributed by atoms with Crippen molar-refractivity contribution in [1.82, 2.24) is 10.2 Å². The number of hydrogen-bond donors (Lipinski definition) is 1. The van der Waals surface area contributed by atoms with Crippen LogP contribution >= 0.6 is 11.8 Å². The Bertz CT molecular complexity index is 312. The van der Waals surface area contributed by atoms with Gasteiger partial charge < -0.3 is 15.0 Å². The summed E-state index contributed by atoms with van der Waals surface area (Å²) in [6, 6.07) is -0.516. The predicted octanol–water partition coefficient (Wildman–Crippen LogP) is 2.50. The van der Waals surface area contributed by atoms with Gasteiger partial charge >= 0.3 is 6.09 Å². The van der Waals surface area contributed by atoms with E-state index in [-0.39, 0.29) is 5.91 Å². The average Bonchev–Trinajstić information content (AvgIpc) is 2.33. The lowest BCUT2D eigenvalue weighted by molar-refractivity contribution is -0.133. The minimum atomic E-state index is -0.563. The van der Waals surface area contributed by atoms with Crippen molar-refractivity contribution in [1.29, 1.82) is 0 Å². The molecule has 0 bridgehead atoms. The summed E-state index contributed by atoms with van der Waals surface area (Å²) in [6.07, 6.45) is 2.05. The van der Waals surface area contributed by atoms with Gasteiger partial charge in [-0.1, -0.05) is 0 Å². The highest BCUT2D eigenvalue weighted by Gasteiger charge is 2.26. The number of rotatable bonds is 7. The number of ether oxygens (including phenoxy) is 1. The van der Waals surface area contributed by atoms with Crippen LogP contribution in [0, 0.1) is 0 Å². The summed E-state index contributed by atoms with van der Waals surface area (Å²) in [7, 11) is 0. The van der Waals surface area contributed by atoms with E-state index in [4.69, 9.17) is 4.74 Å². The molecule has 2 amide bonds. The standard InChI is InChI=1S/C14H28N2O3S/c1-7-16(8-2)12(17)11(9-10-20-6)15-13(18)19-14(3,4)5/h11H,7-10H2,1-6H3,(H,15,18)/t11-/m0/s1.